The lowest BCUT2D eigenvalue weighted by atomic mass is 9.85. The molecule has 164 valence electrons. The Labute approximate surface area is 183 Å². The minimum atomic E-state index is -0.116. The van der Waals surface area contributed by atoms with Crippen LogP contribution in [0.2, 0.25) is 0 Å². The zero-order valence-electron chi connectivity index (χ0n) is 18.4. The van der Waals surface area contributed by atoms with E-state index in [0.29, 0.717) is 25.2 Å². The second kappa shape index (κ2) is 10.1. The summed E-state index contributed by atoms with van der Waals surface area (Å²) in [5.74, 6) is 0.494. The fraction of sp³-hybridized carbons (Fsp3) is 0.375. The normalized spacial score (nSPS) is 14.7. The average Bonchev–Trinajstić information content (AvgIpc) is 2.79. The third-order valence-electron chi connectivity index (χ3n) is 5.46. The Kier molecular flexibility index (Phi) is 7.28. The monoisotopic (exact) mass is 421 g/mol. The topological polar surface area (TPSA) is 85.8 Å². The lowest BCUT2D eigenvalue weighted by Gasteiger charge is -2.27. The Bertz CT molecular complexity index is 923. The average molecular weight is 422 g/mol. The smallest absolute Gasteiger partial charge is 0.254 e. The zero-order chi connectivity index (χ0) is 22.3. The van der Waals surface area contributed by atoms with Crippen LogP contribution in [-0.2, 0) is 16.8 Å². The molecule has 1 aliphatic heterocycles. The molecule has 2 aromatic carbocycles. The van der Waals surface area contributed by atoms with Gasteiger partial charge in [-0.1, -0.05) is 56.3 Å². The molecule has 1 fully saturated rings. The first-order valence-corrected chi connectivity index (χ1v) is 10.5. The molecule has 7 nitrogen and oxygen atoms in total. The molecule has 0 aliphatic carbocycles. The highest BCUT2D eigenvalue weighted by atomic mass is 16.2. The van der Waals surface area contributed by atoms with Crippen molar-refractivity contribution < 1.29 is 9.59 Å². The van der Waals surface area contributed by atoms with Crippen molar-refractivity contribution in [2.75, 3.05) is 33.2 Å². The number of rotatable bonds is 6. The van der Waals surface area contributed by atoms with Gasteiger partial charge in [0.05, 0.1) is 6.54 Å². The molecule has 0 radical (unpaired) electrons. The molecule has 1 saturated heterocycles. The van der Waals surface area contributed by atoms with Crippen LogP contribution in [0.15, 0.2) is 59.6 Å². The maximum Gasteiger partial charge on any atom is 0.254 e. The Hall–Kier alpha value is -3.35. The number of aliphatic imine (C=N–C) groups is 1. The number of piperazine rings is 1. The molecule has 1 heterocycles. The van der Waals surface area contributed by atoms with Crippen molar-refractivity contribution in [3.63, 3.8) is 0 Å². The van der Waals surface area contributed by atoms with Gasteiger partial charge in [-0.05, 0) is 23.3 Å². The predicted octanol–water partition coefficient (Wildman–Crippen LogP) is 1.90. The van der Waals surface area contributed by atoms with Gasteiger partial charge in [-0.15, -0.1) is 0 Å². The number of amides is 2. The van der Waals surface area contributed by atoms with Crippen molar-refractivity contribution in [3.8, 4) is 0 Å². The first-order valence-electron chi connectivity index (χ1n) is 10.5. The molecular weight excluding hydrogens is 390 g/mol. The number of carbonyl (C=O) groups is 2. The quantitative estimate of drug-likeness (QED) is 0.491. The fourth-order valence-corrected chi connectivity index (χ4v) is 3.46. The van der Waals surface area contributed by atoms with Crippen LogP contribution in [0.3, 0.4) is 0 Å². The Morgan fingerprint density at radius 2 is 1.81 bits per heavy atom. The van der Waals surface area contributed by atoms with E-state index in [2.05, 4.69) is 59.1 Å². The summed E-state index contributed by atoms with van der Waals surface area (Å²) >= 11 is 0. The van der Waals surface area contributed by atoms with E-state index in [1.54, 1.807) is 24.1 Å². The van der Waals surface area contributed by atoms with Crippen LogP contribution < -0.4 is 16.0 Å². The minimum absolute atomic E-state index is 0.0355. The Morgan fingerprint density at radius 3 is 2.45 bits per heavy atom. The number of nitrogens with zero attached hydrogens (tertiary/aromatic N) is 2. The predicted molar refractivity (Wildman–Crippen MR) is 123 cm³/mol. The summed E-state index contributed by atoms with van der Waals surface area (Å²) in [6, 6.07) is 17.9. The van der Waals surface area contributed by atoms with E-state index in [1.807, 2.05) is 18.2 Å². The number of carbonyl (C=O) groups excluding carboxylic acids is 2. The standard InChI is InChI=1S/C24H31N5O2/c1-24(2,20-7-5-4-6-8-20)17-28-23(25-3)27-15-18-9-11-19(12-10-18)22(31)29-14-13-26-21(30)16-29/h4-12H,13-17H2,1-3H3,(H,26,30)(H2,25,27,28). The van der Waals surface area contributed by atoms with Crippen LogP contribution >= 0.6 is 0 Å². The van der Waals surface area contributed by atoms with Gasteiger partial charge in [0.1, 0.15) is 0 Å². The number of guanidine groups is 1. The number of nitrogens with one attached hydrogen (secondary N) is 3. The van der Waals surface area contributed by atoms with E-state index in [9.17, 15) is 9.59 Å². The molecule has 0 spiro atoms. The van der Waals surface area contributed by atoms with Crippen LogP contribution in [0.5, 0.6) is 0 Å². The van der Waals surface area contributed by atoms with Crippen molar-refractivity contribution in [3.05, 3.63) is 71.3 Å². The molecule has 0 unspecified atom stereocenters. The molecule has 2 amide bonds. The summed E-state index contributed by atoms with van der Waals surface area (Å²) in [7, 11) is 1.75. The highest BCUT2D eigenvalue weighted by Crippen LogP contribution is 2.21. The third-order valence-corrected chi connectivity index (χ3v) is 5.46. The van der Waals surface area contributed by atoms with Gasteiger partial charge in [-0.3, -0.25) is 14.6 Å². The minimum Gasteiger partial charge on any atom is -0.356 e. The van der Waals surface area contributed by atoms with Gasteiger partial charge >= 0.3 is 0 Å². The van der Waals surface area contributed by atoms with Crippen LogP contribution in [-0.4, -0.2) is 55.9 Å². The van der Waals surface area contributed by atoms with Crippen LogP contribution in [0, 0.1) is 0 Å². The van der Waals surface area contributed by atoms with Crippen LogP contribution in [0.25, 0.3) is 0 Å². The Morgan fingerprint density at radius 1 is 1.10 bits per heavy atom. The molecule has 3 N–H and O–H groups in total. The van der Waals surface area contributed by atoms with Gasteiger partial charge in [0.25, 0.3) is 5.91 Å². The van der Waals surface area contributed by atoms with Gasteiger partial charge in [0.15, 0.2) is 5.96 Å². The maximum absolute atomic E-state index is 12.6. The van der Waals surface area contributed by atoms with E-state index >= 15 is 0 Å². The number of benzene rings is 2. The van der Waals surface area contributed by atoms with Gasteiger partial charge in [-0.25, -0.2) is 0 Å². The van der Waals surface area contributed by atoms with E-state index in [-0.39, 0.29) is 23.8 Å². The molecule has 0 aromatic heterocycles. The largest absolute Gasteiger partial charge is 0.356 e. The summed E-state index contributed by atoms with van der Waals surface area (Å²) in [5.41, 5.74) is 2.86. The summed E-state index contributed by atoms with van der Waals surface area (Å²) < 4.78 is 0. The van der Waals surface area contributed by atoms with Gasteiger partial charge in [0.2, 0.25) is 5.91 Å². The van der Waals surface area contributed by atoms with Crippen LogP contribution in [0.4, 0.5) is 0 Å². The van der Waals surface area contributed by atoms with Gasteiger partial charge in [0, 0.05) is 44.2 Å². The SMILES string of the molecule is CN=C(NCc1ccc(C(=O)N2CCNC(=O)C2)cc1)NCC(C)(C)c1ccccc1. The van der Waals surface area contributed by atoms with Crippen molar-refractivity contribution in [2.45, 2.75) is 25.8 Å². The highest BCUT2D eigenvalue weighted by molar-refractivity contribution is 5.97. The molecule has 0 bridgehead atoms. The van der Waals surface area contributed by atoms with E-state index in [1.165, 1.54) is 5.56 Å². The second-order valence-electron chi connectivity index (χ2n) is 8.30. The van der Waals surface area contributed by atoms with Gasteiger partial charge in [-0.2, -0.15) is 0 Å². The molecule has 0 saturated carbocycles. The second-order valence-corrected chi connectivity index (χ2v) is 8.30. The first-order chi connectivity index (χ1) is 14.9. The van der Waals surface area contributed by atoms with Crippen molar-refractivity contribution in [1.29, 1.82) is 0 Å². The molecule has 0 atom stereocenters. The molecule has 3 rings (SSSR count). The summed E-state index contributed by atoms with van der Waals surface area (Å²) in [6.45, 7) is 6.88. The maximum atomic E-state index is 12.6. The summed E-state index contributed by atoms with van der Waals surface area (Å²) in [5, 5.41) is 9.44. The number of hydrogen-bond donors (Lipinski definition) is 3. The molecule has 1 aliphatic rings. The lowest BCUT2D eigenvalue weighted by molar-refractivity contribution is -0.123. The highest BCUT2D eigenvalue weighted by Gasteiger charge is 2.22. The molecule has 2 aromatic rings. The summed E-state index contributed by atoms with van der Waals surface area (Å²) in [4.78, 5) is 30.0. The fourth-order valence-electron chi connectivity index (χ4n) is 3.46. The van der Waals surface area contributed by atoms with Crippen LogP contribution in [0.1, 0.15) is 35.3 Å². The lowest BCUT2D eigenvalue weighted by Crippen LogP contribution is -2.49. The van der Waals surface area contributed by atoms with Gasteiger partial charge < -0.3 is 20.9 Å². The van der Waals surface area contributed by atoms with Crippen molar-refractivity contribution in [2.24, 2.45) is 4.99 Å². The molecule has 7 heteroatoms. The van der Waals surface area contributed by atoms with E-state index < -0.39 is 0 Å². The van der Waals surface area contributed by atoms with Crippen molar-refractivity contribution >= 4 is 17.8 Å². The van der Waals surface area contributed by atoms with E-state index in [0.717, 1.165) is 18.1 Å². The number of hydrogen-bond acceptors (Lipinski definition) is 3. The van der Waals surface area contributed by atoms with E-state index in [4.69, 9.17) is 0 Å². The third kappa shape index (κ3) is 6.07. The zero-order valence-corrected chi connectivity index (χ0v) is 18.4. The van der Waals surface area contributed by atoms with Crippen molar-refractivity contribution in [1.82, 2.24) is 20.9 Å². The first kappa shape index (κ1) is 22.3. The molecular formula is C24H31N5O2. The Balaban J connectivity index is 1.51. The summed E-state index contributed by atoms with van der Waals surface area (Å²) in [6.07, 6.45) is 0. The molecule has 31 heavy (non-hydrogen) atoms.